The Bertz CT molecular complexity index is 1010. The van der Waals surface area contributed by atoms with E-state index in [-0.39, 0.29) is 23.0 Å². The molecule has 7 nitrogen and oxygen atoms in total. The van der Waals surface area contributed by atoms with Crippen molar-refractivity contribution < 1.29 is 19.1 Å². The molecule has 1 aliphatic carbocycles. The van der Waals surface area contributed by atoms with Gasteiger partial charge in [-0.3, -0.25) is 14.9 Å². The van der Waals surface area contributed by atoms with Crippen molar-refractivity contribution in [1.82, 2.24) is 10.6 Å². The molecule has 0 saturated heterocycles. The fraction of sp³-hybridized carbons (Fsp3) is 0.400. The lowest BCUT2D eigenvalue weighted by molar-refractivity contribution is 0.0926. The molecule has 3 N–H and O–H groups in total. The second-order valence-corrected chi connectivity index (χ2v) is 8.80. The quantitative estimate of drug-likeness (QED) is 0.331. The molecule has 2 aromatic rings. The Kier molecular flexibility index (Phi) is 10.1. The van der Waals surface area contributed by atoms with E-state index in [2.05, 4.69) is 16.0 Å². The third-order valence-electron chi connectivity index (χ3n) is 5.43. The van der Waals surface area contributed by atoms with Crippen LogP contribution in [0.3, 0.4) is 0 Å². The smallest absolute Gasteiger partial charge is 0.257 e. The van der Waals surface area contributed by atoms with Gasteiger partial charge in [-0.2, -0.15) is 0 Å². The summed E-state index contributed by atoms with van der Waals surface area (Å²) < 4.78 is 10.8. The number of thiocarbonyl (C=S) groups is 1. The first kappa shape index (κ1) is 25.9. The maximum atomic E-state index is 12.7. The number of halogens is 1. The normalized spacial score (nSPS) is 13.7. The van der Waals surface area contributed by atoms with Crippen molar-refractivity contribution in [3.8, 4) is 5.75 Å². The van der Waals surface area contributed by atoms with E-state index < -0.39 is 0 Å². The molecule has 34 heavy (non-hydrogen) atoms. The predicted molar refractivity (Wildman–Crippen MR) is 138 cm³/mol. The highest BCUT2D eigenvalue weighted by molar-refractivity contribution is 7.80. The van der Waals surface area contributed by atoms with Crippen molar-refractivity contribution in [3.63, 3.8) is 0 Å². The number of carbonyl (C=O) groups excluding carboxylic acids is 2. The van der Waals surface area contributed by atoms with E-state index in [1.165, 1.54) is 6.42 Å². The number of ether oxygens (including phenoxy) is 2. The summed E-state index contributed by atoms with van der Waals surface area (Å²) in [6.07, 6.45) is 5.42. The van der Waals surface area contributed by atoms with Gasteiger partial charge in [0.1, 0.15) is 12.4 Å². The van der Waals surface area contributed by atoms with Gasteiger partial charge in [0.25, 0.3) is 11.8 Å². The Morgan fingerprint density at radius 2 is 1.85 bits per heavy atom. The van der Waals surface area contributed by atoms with Gasteiger partial charge in [0.2, 0.25) is 0 Å². The van der Waals surface area contributed by atoms with E-state index in [4.69, 9.17) is 33.3 Å². The van der Waals surface area contributed by atoms with E-state index in [1.54, 1.807) is 42.5 Å². The zero-order valence-corrected chi connectivity index (χ0v) is 20.8. The lowest BCUT2D eigenvalue weighted by Gasteiger charge is -2.23. The number of hydrogen-bond acceptors (Lipinski definition) is 5. The molecule has 0 heterocycles. The fourth-order valence-electron chi connectivity index (χ4n) is 3.71. The molecular formula is C25H30ClN3O4S. The molecule has 0 aromatic heterocycles. The largest absolute Gasteiger partial charge is 0.491 e. The van der Waals surface area contributed by atoms with Crippen LogP contribution in [-0.4, -0.2) is 42.8 Å². The van der Waals surface area contributed by atoms with Gasteiger partial charge >= 0.3 is 0 Å². The molecule has 1 aliphatic rings. The van der Waals surface area contributed by atoms with Crippen LogP contribution >= 0.6 is 23.8 Å². The molecule has 0 radical (unpaired) electrons. The fourth-order valence-corrected chi connectivity index (χ4v) is 4.13. The number of hydrogen-bond donors (Lipinski definition) is 3. The van der Waals surface area contributed by atoms with Crippen molar-refractivity contribution >= 4 is 46.4 Å². The zero-order valence-electron chi connectivity index (χ0n) is 19.2. The van der Waals surface area contributed by atoms with E-state index >= 15 is 0 Å². The molecule has 2 aromatic carbocycles. The molecule has 1 saturated carbocycles. The van der Waals surface area contributed by atoms with Gasteiger partial charge in [0, 0.05) is 23.9 Å². The van der Waals surface area contributed by atoms with Crippen LogP contribution < -0.4 is 20.7 Å². The standard InChI is InChI=1S/C25H30ClN3O4S/c1-2-32-13-14-33-20-10-6-7-17(15-20)23(30)29-25(34)28-19-11-12-22(26)21(16-19)24(31)27-18-8-4-3-5-9-18/h6-7,10-12,15-16,18H,2-5,8-9,13-14H2,1H3,(H,27,31)(H2,28,29,30,34). The molecule has 182 valence electrons. The summed E-state index contributed by atoms with van der Waals surface area (Å²) in [5.41, 5.74) is 1.32. The van der Waals surface area contributed by atoms with Crippen LogP contribution in [0.5, 0.6) is 5.75 Å². The average Bonchev–Trinajstić information content (AvgIpc) is 2.84. The lowest BCUT2D eigenvalue weighted by Crippen LogP contribution is -2.36. The minimum Gasteiger partial charge on any atom is -0.491 e. The Hall–Kier alpha value is -2.68. The number of amides is 2. The number of nitrogens with one attached hydrogen (secondary N) is 3. The van der Waals surface area contributed by atoms with Crippen molar-refractivity contribution in [2.75, 3.05) is 25.1 Å². The van der Waals surface area contributed by atoms with Gasteiger partial charge in [-0.1, -0.05) is 36.9 Å². The Labute approximate surface area is 210 Å². The number of carbonyl (C=O) groups is 2. The van der Waals surface area contributed by atoms with Crippen molar-refractivity contribution in [3.05, 3.63) is 58.6 Å². The van der Waals surface area contributed by atoms with Crippen LogP contribution in [0.2, 0.25) is 5.02 Å². The molecule has 9 heteroatoms. The summed E-state index contributed by atoms with van der Waals surface area (Å²) in [4.78, 5) is 25.4. The highest BCUT2D eigenvalue weighted by Gasteiger charge is 2.19. The highest BCUT2D eigenvalue weighted by atomic mass is 35.5. The molecule has 3 rings (SSSR count). The van der Waals surface area contributed by atoms with Crippen LogP contribution in [0.15, 0.2) is 42.5 Å². The third kappa shape index (κ3) is 7.97. The van der Waals surface area contributed by atoms with Crippen molar-refractivity contribution in [2.45, 2.75) is 45.1 Å². The minimum absolute atomic E-state index is 0.105. The minimum atomic E-state index is -0.378. The zero-order chi connectivity index (χ0) is 24.3. The molecule has 1 fully saturated rings. The molecule has 0 spiro atoms. The van der Waals surface area contributed by atoms with Crippen LogP contribution in [0.4, 0.5) is 5.69 Å². The maximum absolute atomic E-state index is 12.7. The second kappa shape index (κ2) is 13.3. The molecule has 0 bridgehead atoms. The first-order chi connectivity index (χ1) is 16.5. The van der Waals surface area contributed by atoms with Crippen LogP contribution in [-0.2, 0) is 4.74 Å². The molecule has 0 atom stereocenters. The van der Waals surface area contributed by atoms with E-state index in [0.717, 1.165) is 25.7 Å². The molecular weight excluding hydrogens is 474 g/mol. The highest BCUT2D eigenvalue weighted by Crippen LogP contribution is 2.23. The Morgan fingerprint density at radius 3 is 2.62 bits per heavy atom. The van der Waals surface area contributed by atoms with E-state index in [9.17, 15) is 9.59 Å². The Balaban J connectivity index is 1.56. The molecule has 0 unspecified atom stereocenters. The number of anilines is 1. The molecule has 0 aliphatic heterocycles. The average molecular weight is 504 g/mol. The van der Waals surface area contributed by atoms with Gasteiger partial charge in [0.05, 0.1) is 17.2 Å². The Morgan fingerprint density at radius 1 is 1.06 bits per heavy atom. The van der Waals surface area contributed by atoms with Crippen molar-refractivity contribution in [1.29, 1.82) is 0 Å². The maximum Gasteiger partial charge on any atom is 0.257 e. The predicted octanol–water partition coefficient (Wildman–Crippen LogP) is 4.94. The van der Waals surface area contributed by atoms with Gasteiger partial charge in [-0.15, -0.1) is 0 Å². The van der Waals surface area contributed by atoms with Gasteiger partial charge < -0.3 is 20.1 Å². The number of benzene rings is 2. The van der Waals surface area contributed by atoms with Gasteiger partial charge in [-0.05, 0) is 68.4 Å². The SMILES string of the molecule is CCOCCOc1cccc(C(=O)NC(=S)Nc2ccc(Cl)c(C(=O)NC3CCCCC3)c2)c1. The summed E-state index contributed by atoms with van der Waals surface area (Å²) >= 11 is 11.6. The lowest BCUT2D eigenvalue weighted by atomic mass is 9.95. The topological polar surface area (TPSA) is 88.7 Å². The summed E-state index contributed by atoms with van der Waals surface area (Å²) in [6, 6.07) is 11.9. The summed E-state index contributed by atoms with van der Waals surface area (Å²) in [7, 11) is 0. The third-order valence-corrected chi connectivity index (χ3v) is 5.97. The monoisotopic (exact) mass is 503 g/mol. The van der Waals surface area contributed by atoms with Crippen LogP contribution in [0.1, 0.15) is 59.7 Å². The summed E-state index contributed by atoms with van der Waals surface area (Å²) in [6.45, 7) is 3.41. The van der Waals surface area contributed by atoms with Gasteiger partial charge in [0.15, 0.2) is 5.11 Å². The van der Waals surface area contributed by atoms with Gasteiger partial charge in [-0.25, -0.2) is 0 Å². The van der Waals surface area contributed by atoms with E-state index in [0.29, 0.717) is 47.4 Å². The van der Waals surface area contributed by atoms with Crippen LogP contribution in [0.25, 0.3) is 0 Å². The van der Waals surface area contributed by atoms with Crippen LogP contribution in [0, 0.1) is 0 Å². The first-order valence-electron chi connectivity index (χ1n) is 11.5. The second-order valence-electron chi connectivity index (χ2n) is 7.98. The first-order valence-corrected chi connectivity index (χ1v) is 12.3. The van der Waals surface area contributed by atoms with E-state index in [1.807, 2.05) is 6.92 Å². The molecule has 2 amide bonds. The summed E-state index contributed by atoms with van der Waals surface area (Å²) in [5.74, 6) is -0.0220. The summed E-state index contributed by atoms with van der Waals surface area (Å²) in [5, 5.41) is 9.11. The van der Waals surface area contributed by atoms with Crippen molar-refractivity contribution in [2.24, 2.45) is 0 Å². The number of rotatable bonds is 9.